The lowest BCUT2D eigenvalue weighted by Gasteiger charge is -2.20. The monoisotopic (exact) mass is 407 g/mol. The number of halogens is 4. The Morgan fingerprint density at radius 3 is 2.50 bits per heavy atom. The maximum Gasteiger partial charge on any atom is 0.256 e. The zero-order valence-corrected chi connectivity index (χ0v) is 15.9. The summed E-state index contributed by atoms with van der Waals surface area (Å²) >= 11 is 6.34. The number of nitrogens with zero attached hydrogens (tertiary/aromatic N) is 2. The van der Waals surface area contributed by atoms with Gasteiger partial charge in [-0.05, 0) is 32.0 Å². The summed E-state index contributed by atoms with van der Waals surface area (Å²) in [5.41, 5.74) is 0.0242. The molecule has 0 saturated carbocycles. The highest BCUT2D eigenvalue weighted by atomic mass is 35.5. The van der Waals surface area contributed by atoms with E-state index in [4.69, 9.17) is 11.6 Å². The van der Waals surface area contributed by atoms with E-state index < -0.39 is 17.5 Å². The molecule has 0 atom stereocenters. The molecule has 3 rings (SSSR count). The van der Waals surface area contributed by atoms with E-state index >= 15 is 0 Å². The van der Waals surface area contributed by atoms with Gasteiger partial charge in [-0.15, -0.1) is 0 Å². The number of fused-ring (bicyclic) bond motifs is 1. The first-order chi connectivity index (χ1) is 13.4. The summed E-state index contributed by atoms with van der Waals surface area (Å²) in [6.07, 6.45) is 1.34. The number of nitrogens with one attached hydrogen (secondary N) is 1. The average Bonchev–Trinajstić information content (AvgIpc) is 2.69. The van der Waals surface area contributed by atoms with Gasteiger partial charge < -0.3 is 10.2 Å². The number of hydrogen-bond acceptors (Lipinski definition) is 3. The normalized spacial score (nSPS) is 10.9. The van der Waals surface area contributed by atoms with Crippen LogP contribution in [-0.2, 0) is 0 Å². The van der Waals surface area contributed by atoms with E-state index in [-0.39, 0.29) is 17.4 Å². The summed E-state index contributed by atoms with van der Waals surface area (Å²) in [7, 11) is 0. The largest absolute Gasteiger partial charge is 0.339 e. The molecule has 0 saturated heterocycles. The molecule has 0 spiro atoms. The Balaban J connectivity index is 2.14. The molecule has 0 bridgehead atoms. The zero-order valence-electron chi connectivity index (χ0n) is 15.2. The number of benzene rings is 2. The zero-order chi connectivity index (χ0) is 20.4. The number of aromatic nitrogens is 1. The van der Waals surface area contributed by atoms with Crippen LogP contribution in [0.25, 0.3) is 10.8 Å². The fourth-order valence-electron chi connectivity index (χ4n) is 2.95. The Kier molecular flexibility index (Phi) is 5.74. The number of carbonyl (C=O) groups excluding carboxylic acids is 1. The Morgan fingerprint density at radius 2 is 1.82 bits per heavy atom. The van der Waals surface area contributed by atoms with Crippen LogP contribution in [0, 0.1) is 17.5 Å². The first-order valence-electron chi connectivity index (χ1n) is 8.66. The molecule has 1 amide bonds. The van der Waals surface area contributed by atoms with Crippen molar-refractivity contribution in [2.24, 2.45) is 0 Å². The molecule has 2 aromatic carbocycles. The molecule has 8 heteroatoms. The SMILES string of the molecule is CCN(CC)C(=O)c1cnc(Nc2ccc(F)c(F)c2F)c2cccc(Cl)c12. The summed E-state index contributed by atoms with van der Waals surface area (Å²) in [5, 5.41) is 3.88. The number of pyridine rings is 1. The molecule has 1 aromatic heterocycles. The van der Waals surface area contributed by atoms with E-state index in [1.54, 1.807) is 23.1 Å². The van der Waals surface area contributed by atoms with Crippen LogP contribution < -0.4 is 5.32 Å². The van der Waals surface area contributed by atoms with E-state index in [0.717, 1.165) is 12.1 Å². The predicted octanol–water partition coefficient (Wildman–Crippen LogP) is 5.53. The second-order valence-corrected chi connectivity index (χ2v) is 6.42. The van der Waals surface area contributed by atoms with Crippen LogP contribution in [0.2, 0.25) is 5.02 Å². The van der Waals surface area contributed by atoms with Crippen LogP contribution in [0.1, 0.15) is 24.2 Å². The maximum atomic E-state index is 14.0. The molecular weight excluding hydrogens is 391 g/mol. The summed E-state index contributed by atoms with van der Waals surface area (Å²) in [6.45, 7) is 4.75. The van der Waals surface area contributed by atoms with Crippen LogP contribution in [0.15, 0.2) is 36.5 Å². The minimum atomic E-state index is -1.58. The van der Waals surface area contributed by atoms with Gasteiger partial charge in [0.2, 0.25) is 0 Å². The van der Waals surface area contributed by atoms with Gasteiger partial charge in [0.25, 0.3) is 5.91 Å². The van der Waals surface area contributed by atoms with Gasteiger partial charge in [0, 0.05) is 35.1 Å². The van der Waals surface area contributed by atoms with Crippen molar-refractivity contribution in [1.82, 2.24) is 9.88 Å². The molecule has 0 unspecified atom stereocenters. The van der Waals surface area contributed by atoms with Crippen molar-refractivity contribution in [3.05, 3.63) is 64.6 Å². The van der Waals surface area contributed by atoms with E-state index in [9.17, 15) is 18.0 Å². The van der Waals surface area contributed by atoms with E-state index in [0.29, 0.717) is 34.4 Å². The van der Waals surface area contributed by atoms with Crippen molar-refractivity contribution in [2.75, 3.05) is 18.4 Å². The Labute approximate surface area is 164 Å². The molecular formula is C20H17ClF3N3O. The van der Waals surface area contributed by atoms with Crippen molar-refractivity contribution in [1.29, 1.82) is 0 Å². The fourth-order valence-corrected chi connectivity index (χ4v) is 3.23. The molecule has 3 aromatic rings. The third-order valence-electron chi connectivity index (χ3n) is 4.43. The van der Waals surface area contributed by atoms with E-state index in [1.807, 2.05) is 13.8 Å². The fraction of sp³-hybridized carbons (Fsp3) is 0.200. The lowest BCUT2D eigenvalue weighted by molar-refractivity contribution is 0.0774. The van der Waals surface area contributed by atoms with Gasteiger partial charge in [0.15, 0.2) is 17.5 Å². The highest BCUT2D eigenvalue weighted by Gasteiger charge is 2.21. The lowest BCUT2D eigenvalue weighted by atomic mass is 10.1. The third-order valence-corrected chi connectivity index (χ3v) is 4.75. The first-order valence-corrected chi connectivity index (χ1v) is 9.03. The van der Waals surface area contributed by atoms with Crippen molar-refractivity contribution in [2.45, 2.75) is 13.8 Å². The van der Waals surface area contributed by atoms with Crippen LogP contribution in [0.5, 0.6) is 0 Å². The molecule has 0 aliphatic carbocycles. The number of hydrogen-bond donors (Lipinski definition) is 1. The third kappa shape index (κ3) is 3.49. The van der Waals surface area contributed by atoms with Crippen molar-refractivity contribution in [3.8, 4) is 0 Å². The highest BCUT2D eigenvalue weighted by molar-refractivity contribution is 6.37. The Bertz CT molecular complexity index is 1050. The average molecular weight is 408 g/mol. The van der Waals surface area contributed by atoms with Crippen molar-refractivity contribution >= 4 is 39.8 Å². The molecule has 146 valence electrons. The van der Waals surface area contributed by atoms with Gasteiger partial charge in [-0.25, -0.2) is 18.2 Å². The Morgan fingerprint density at radius 1 is 1.11 bits per heavy atom. The standard InChI is InChI=1S/C20H17ClF3N3O/c1-3-27(4-2)20(28)12-10-25-19(11-6-5-7-13(21)16(11)12)26-15-9-8-14(22)17(23)18(15)24/h5-10H,3-4H2,1-2H3,(H,25,26). The number of carbonyl (C=O) groups is 1. The molecule has 0 aliphatic heterocycles. The topological polar surface area (TPSA) is 45.2 Å². The maximum absolute atomic E-state index is 14.0. The minimum Gasteiger partial charge on any atom is -0.339 e. The molecule has 0 aliphatic rings. The van der Waals surface area contributed by atoms with Gasteiger partial charge >= 0.3 is 0 Å². The Hall–Kier alpha value is -2.80. The van der Waals surface area contributed by atoms with Crippen LogP contribution in [-0.4, -0.2) is 28.9 Å². The van der Waals surface area contributed by atoms with Crippen molar-refractivity contribution < 1.29 is 18.0 Å². The minimum absolute atomic E-state index is 0.165. The van der Waals surface area contributed by atoms with Crippen molar-refractivity contribution in [3.63, 3.8) is 0 Å². The van der Waals surface area contributed by atoms with Gasteiger partial charge in [-0.3, -0.25) is 4.79 Å². The van der Waals surface area contributed by atoms with Gasteiger partial charge in [-0.1, -0.05) is 23.7 Å². The smallest absolute Gasteiger partial charge is 0.256 e. The molecule has 28 heavy (non-hydrogen) atoms. The molecule has 0 fully saturated rings. The number of anilines is 2. The van der Waals surface area contributed by atoms with E-state index in [2.05, 4.69) is 10.3 Å². The van der Waals surface area contributed by atoms with Gasteiger partial charge in [0.05, 0.1) is 11.3 Å². The van der Waals surface area contributed by atoms with Crippen LogP contribution >= 0.6 is 11.6 Å². The molecule has 1 N–H and O–H groups in total. The van der Waals surface area contributed by atoms with Gasteiger partial charge in [0.1, 0.15) is 5.82 Å². The predicted molar refractivity (Wildman–Crippen MR) is 104 cm³/mol. The summed E-state index contributed by atoms with van der Waals surface area (Å²) in [4.78, 5) is 18.7. The van der Waals surface area contributed by atoms with Crippen LogP contribution in [0.4, 0.5) is 24.7 Å². The van der Waals surface area contributed by atoms with Gasteiger partial charge in [-0.2, -0.15) is 0 Å². The first kappa shape index (κ1) is 19.9. The second kappa shape index (κ2) is 8.06. The molecule has 1 heterocycles. The summed E-state index contributed by atoms with van der Waals surface area (Å²) < 4.78 is 40.7. The quantitative estimate of drug-likeness (QED) is 0.565. The number of amides is 1. The summed E-state index contributed by atoms with van der Waals surface area (Å²) in [5.74, 6) is -4.30. The lowest BCUT2D eigenvalue weighted by Crippen LogP contribution is -2.30. The highest BCUT2D eigenvalue weighted by Crippen LogP contribution is 2.33. The van der Waals surface area contributed by atoms with E-state index in [1.165, 1.54) is 6.20 Å². The van der Waals surface area contributed by atoms with Crippen LogP contribution in [0.3, 0.4) is 0 Å². The molecule has 0 radical (unpaired) electrons. The second-order valence-electron chi connectivity index (χ2n) is 6.01. The molecule has 4 nitrogen and oxygen atoms in total. The number of rotatable bonds is 5. The summed E-state index contributed by atoms with van der Waals surface area (Å²) in [6, 6.07) is 6.83.